The molecule has 0 aromatic carbocycles. The lowest BCUT2D eigenvalue weighted by Crippen LogP contribution is -2.36. The van der Waals surface area contributed by atoms with Crippen molar-refractivity contribution in [3.63, 3.8) is 0 Å². The molecule has 1 saturated carbocycles. The molecule has 0 bridgehead atoms. The minimum atomic E-state index is -0.245. The van der Waals surface area contributed by atoms with Gasteiger partial charge in [-0.1, -0.05) is 18.9 Å². The lowest BCUT2D eigenvalue weighted by atomic mass is 10.1. The van der Waals surface area contributed by atoms with Gasteiger partial charge >= 0.3 is 0 Å². The van der Waals surface area contributed by atoms with E-state index < -0.39 is 0 Å². The molecule has 1 aromatic heterocycles. The summed E-state index contributed by atoms with van der Waals surface area (Å²) in [5.41, 5.74) is 0.852. The van der Waals surface area contributed by atoms with Crippen LogP contribution in [0.2, 0.25) is 0 Å². The van der Waals surface area contributed by atoms with E-state index >= 15 is 0 Å². The van der Waals surface area contributed by atoms with E-state index in [1.165, 1.54) is 12.8 Å². The van der Waals surface area contributed by atoms with E-state index in [1.807, 2.05) is 24.0 Å². The molecule has 2 amide bonds. The predicted octanol–water partition coefficient (Wildman–Crippen LogP) is 1.89. The second-order valence-corrected chi connectivity index (χ2v) is 6.50. The maximum atomic E-state index is 12.4. The first-order valence-corrected chi connectivity index (χ1v) is 8.83. The molecule has 2 fully saturated rings. The highest BCUT2D eigenvalue weighted by molar-refractivity contribution is 5.89. The van der Waals surface area contributed by atoms with E-state index in [2.05, 4.69) is 10.3 Å². The van der Waals surface area contributed by atoms with E-state index in [9.17, 15) is 9.59 Å². The van der Waals surface area contributed by atoms with Crippen LogP contribution < -0.4 is 10.1 Å². The molecule has 2 heterocycles. The van der Waals surface area contributed by atoms with Crippen molar-refractivity contribution in [3.05, 3.63) is 23.9 Å². The van der Waals surface area contributed by atoms with E-state index in [-0.39, 0.29) is 17.7 Å². The first-order valence-electron chi connectivity index (χ1n) is 8.83. The molecule has 130 valence electrons. The SMILES string of the molecule is CCOc1ncccc1CNC(=O)C1CC(=O)N(C2CCCC2)C1. The summed E-state index contributed by atoms with van der Waals surface area (Å²) in [7, 11) is 0. The summed E-state index contributed by atoms with van der Waals surface area (Å²) in [4.78, 5) is 30.8. The Morgan fingerprint density at radius 3 is 2.96 bits per heavy atom. The number of aromatic nitrogens is 1. The molecule has 1 aromatic rings. The van der Waals surface area contributed by atoms with Crippen LogP contribution in [0.4, 0.5) is 0 Å². The molecule has 6 nitrogen and oxygen atoms in total. The smallest absolute Gasteiger partial charge is 0.225 e. The van der Waals surface area contributed by atoms with Crippen molar-refractivity contribution >= 4 is 11.8 Å². The number of carbonyl (C=O) groups is 2. The molecule has 2 aliphatic rings. The molecular weight excluding hydrogens is 306 g/mol. The summed E-state index contributed by atoms with van der Waals surface area (Å²) in [6, 6.07) is 4.06. The van der Waals surface area contributed by atoms with Crippen LogP contribution in [0.25, 0.3) is 0 Å². The number of hydrogen-bond acceptors (Lipinski definition) is 4. The van der Waals surface area contributed by atoms with Gasteiger partial charge < -0.3 is 15.0 Å². The molecule has 3 rings (SSSR count). The summed E-state index contributed by atoms with van der Waals surface area (Å²) < 4.78 is 5.47. The Morgan fingerprint density at radius 1 is 1.42 bits per heavy atom. The molecule has 0 spiro atoms. The molecule has 1 saturated heterocycles. The highest BCUT2D eigenvalue weighted by Crippen LogP contribution is 2.29. The Bertz CT molecular complexity index is 599. The molecule has 24 heavy (non-hydrogen) atoms. The van der Waals surface area contributed by atoms with Crippen LogP contribution in [0.15, 0.2) is 18.3 Å². The zero-order valence-electron chi connectivity index (χ0n) is 14.2. The molecule has 0 radical (unpaired) electrons. The van der Waals surface area contributed by atoms with Gasteiger partial charge in [-0.3, -0.25) is 9.59 Å². The van der Waals surface area contributed by atoms with Crippen molar-refractivity contribution in [1.82, 2.24) is 15.2 Å². The van der Waals surface area contributed by atoms with Crippen LogP contribution in [0.5, 0.6) is 5.88 Å². The number of nitrogens with one attached hydrogen (secondary N) is 1. The van der Waals surface area contributed by atoms with Crippen molar-refractivity contribution < 1.29 is 14.3 Å². The summed E-state index contributed by atoms with van der Waals surface area (Å²) >= 11 is 0. The van der Waals surface area contributed by atoms with Crippen LogP contribution in [0, 0.1) is 5.92 Å². The van der Waals surface area contributed by atoms with Crippen molar-refractivity contribution in [3.8, 4) is 5.88 Å². The van der Waals surface area contributed by atoms with E-state index in [1.54, 1.807) is 6.20 Å². The van der Waals surface area contributed by atoms with Crippen LogP contribution in [0.3, 0.4) is 0 Å². The largest absolute Gasteiger partial charge is 0.478 e. The lowest BCUT2D eigenvalue weighted by molar-refractivity contribution is -0.130. The summed E-state index contributed by atoms with van der Waals surface area (Å²) in [6.07, 6.45) is 6.53. The van der Waals surface area contributed by atoms with Crippen molar-refractivity contribution in [1.29, 1.82) is 0 Å². The third kappa shape index (κ3) is 3.68. The Balaban J connectivity index is 1.55. The van der Waals surface area contributed by atoms with Crippen LogP contribution in [0.1, 0.15) is 44.6 Å². The van der Waals surface area contributed by atoms with Gasteiger partial charge in [0.1, 0.15) is 0 Å². The van der Waals surface area contributed by atoms with Gasteiger partial charge in [-0.15, -0.1) is 0 Å². The maximum Gasteiger partial charge on any atom is 0.225 e. The first kappa shape index (κ1) is 16.7. The number of rotatable bonds is 6. The van der Waals surface area contributed by atoms with Gasteiger partial charge in [0.2, 0.25) is 17.7 Å². The van der Waals surface area contributed by atoms with Gasteiger partial charge in [-0.2, -0.15) is 0 Å². The number of likely N-dealkylation sites (tertiary alicyclic amines) is 1. The fourth-order valence-electron chi connectivity index (χ4n) is 3.63. The summed E-state index contributed by atoms with van der Waals surface area (Å²) in [6.45, 7) is 3.36. The topological polar surface area (TPSA) is 71.5 Å². The van der Waals surface area contributed by atoms with Gasteiger partial charge in [0.05, 0.1) is 12.5 Å². The zero-order chi connectivity index (χ0) is 16.9. The highest BCUT2D eigenvalue weighted by Gasteiger charge is 2.38. The average molecular weight is 331 g/mol. The van der Waals surface area contributed by atoms with E-state index in [0.717, 1.165) is 18.4 Å². The van der Waals surface area contributed by atoms with Gasteiger partial charge in [-0.25, -0.2) is 4.98 Å². The van der Waals surface area contributed by atoms with Crippen molar-refractivity contribution in [2.75, 3.05) is 13.2 Å². The van der Waals surface area contributed by atoms with Crippen LogP contribution >= 0.6 is 0 Å². The second-order valence-electron chi connectivity index (χ2n) is 6.50. The molecule has 6 heteroatoms. The second kappa shape index (κ2) is 7.64. The predicted molar refractivity (Wildman–Crippen MR) is 89.3 cm³/mol. The maximum absolute atomic E-state index is 12.4. The van der Waals surface area contributed by atoms with Gasteiger partial charge in [-0.05, 0) is 25.8 Å². The Hall–Kier alpha value is -2.11. The molecule has 1 N–H and O–H groups in total. The number of hydrogen-bond donors (Lipinski definition) is 1. The molecule has 1 atom stereocenters. The standard InChI is InChI=1S/C18H25N3O3/c1-2-24-18-13(6-5-9-19-18)11-20-17(23)14-10-16(22)21(12-14)15-7-3-4-8-15/h5-6,9,14-15H,2-4,7-8,10-12H2,1H3,(H,20,23). The molecule has 1 aliphatic carbocycles. The Morgan fingerprint density at radius 2 is 2.21 bits per heavy atom. The summed E-state index contributed by atoms with van der Waals surface area (Å²) in [5, 5.41) is 2.93. The van der Waals surface area contributed by atoms with Gasteiger partial charge in [0.15, 0.2) is 0 Å². The number of ether oxygens (including phenoxy) is 1. The van der Waals surface area contributed by atoms with Gasteiger partial charge in [0, 0.05) is 37.3 Å². The zero-order valence-corrected chi connectivity index (χ0v) is 14.2. The van der Waals surface area contributed by atoms with E-state index in [0.29, 0.717) is 38.0 Å². The monoisotopic (exact) mass is 331 g/mol. The van der Waals surface area contributed by atoms with Crippen LogP contribution in [-0.2, 0) is 16.1 Å². The van der Waals surface area contributed by atoms with E-state index in [4.69, 9.17) is 4.74 Å². The molecule has 1 aliphatic heterocycles. The summed E-state index contributed by atoms with van der Waals surface area (Å²) in [5.74, 6) is 0.370. The Kier molecular flexibility index (Phi) is 5.33. The third-order valence-corrected chi connectivity index (χ3v) is 4.88. The number of carbonyl (C=O) groups excluding carboxylic acids is 2. The third-order valence-electron chi connectivity index (χ3n) is 4.88. The van der Waals surface area contributed by atoms with Gasteiger partial charge in [0.25, 0.3) is 0 Å². The highest BCUT2D eigenvalue weighted by atomic mass is 16.5. The van der Waals surface area contributed by atoms with Crippen molar-refractivity contribution in [2.24, 2.45) is 5.92 Å². The van der Waals surface area contributed by atoms with Crippen LogP contribution in [-0.4, -0.2) is 40.9 Å². The van der Waals surface area contributed by atoms with Crippen molar-refractivity contribution in [2.45, 2.75) is 51.6 Å². The molecule has 1 unspecified atom stereocenters. The normalized spacial score (nSPS) is 21.3. The Labute approximate surface area is 142 Å². The minimum absolute atomic E-state index is 0.0600. The molecular formula is C18H25N3O3. The average Bonchev–Trinajstić information content (AvgIpc) is 3.23. The fourth-order valence-corrected chi connectivity index (χ4v) is 3.63. The number of pyridine rings is 1. The lowest BCUT2D eigenvalue weighted by Gasteiger charge is -2.23. The fraction of sp³-hybridized carbons (Fsp3) is 0.611. The first-order chi connectivity index (χ1) is 11.7. The quantitative estimate of drug-likeness (QED) is 0.864. The number of nitrogens with zero attached hydrogens (tertiary/aromatic N) is 2. The minimum Gasteiger partial charge on any atom is -0.478 e. The number of amides is 2.